The summed E-state index contributed by atoms with van der Waals surface area (Å²) < 4.78 is 10.2. The fraction of sp³-hybridized carbons (Fsp3) is 0. The first-order valence-corrected chi connectivity index (χ1v) is 5.44. The summed E-state index contributed by atoms with van der Waals surface area (Å²) in [7, 11) is 0. The Labute approximate surface area is 103 Å². The van der Waals surface area contributed by atoms with Gasteiger partial charge in [0.15, 0.2) is 11.5 Å². The van der Waals surface area contributed by atoms with Crippen molar-refractivity contribution in [2.24, 2.45) is 4.99 Å². The van der Waals surface area contributed by atoms with Crippen molar-refractivity contribution in [1.82, 2.24) is 0 Å². The summed E-state index contributed by atoms with van der Waals surface area (Å²) >= 11 is 0. The average molecular weight is 239 g/mol. The summed E-state index contributed by atoms with van der Waals surface area (Å²) in [5, 5.41) is 0. The molecule has 0 atom stereocenters. The largest absolute Gasteiger partial charge is 0.459 e. The van der Waals surface area contributed by atoms with Gasteiger partial charge in [0, 0.05) is 0 Å². The third-order valence-corrected chi connectivity index (χ3v) is 2.46. The summed E-state index contributed by atoms with van der Waals surface area (Å²) in [5.41, 5.74) is 1.17. The van der Waals surface area contributed by atoms with Crippen LogP contribution in [0.2, 0.25) is 0 Å². The zero-order valence-corrected chi connectivity index (χ0v) is 9.37. The van der Waals surface area contributed by atoms with Crippen LogP contribution in [0.3, 0.4) is 0 Å². The minimum atomic E-state index is -0.467. The molecule has 0 spiro atoms. The number of hydrogen-bond donors (Lipinski definition) is 0. The Kier molecular flexibility index (Phi) is 2.53. The van der Waals surface area contributed by atoms with Crippen molar-refractivity contribution >= 4 is 17.9 Å². The van der Waals surface area contributed by atoms with E-state index < -0.39 is 5.97 Å². The second-order valence-corrected chi connectivity index (χ2v) is 3.72. The van der Waals surface area contributed by atoms with E-state index in [2.05, 4.69) is 4.99 Å². The van der Waals surface area contributed by atoms with Crippen LogP contribution in [-0.4, -0.2) is 11.9 Å². The molecule has 0 aliphatic carbocycles. The van der Waals surface area contributed by atoms with Gasteiger partial charge >= 0.3 is 5.97 Å². The van der Waals surface area contributed by atoms with Crippen molar-refractivity contribution in [1.29, 1.82) is 0 Å². The van der Waals surface area contributed by atoms with Gasteiger partial charge in [-0.3, -0.25) is 0 Å². The van der Waals surface area contributed by atoms with Crippen LogP contribution in [0.1, 0.15) is 11.3 Å². The van der Waals surface area contributed by atoms with E-state index in [-0.39, 0.29) is 11.6 Å². The molecule has 0 radical (unpaired) electrons. The molecule has 0 amide bonds. The van der Waals surface area contributed by atoms with Crippen molar-refractivity contribution in [3.63, 3.8) is 0 Å². The molecule has 18 heavy (non-hydrogen) atoms. The Morgan fingerprint density at radius 1 is 1.06 bits per heavy atom. The van der Waals surface area contributed by atoms with Crippen LogP contribution in [0.25, 0.3) is 6.08 Å². The standard InChI is InChI=1S/C14H9NO3/c16-14-11(9-10-5-2-1-3-6-10)15-13(18-14)12-7-4-8-17-12/h1-9H/b11-9-. The molecule has 0 N–H and O–H groups in total. The van der Waals surface area contributed by atoms with Crippen molar-refractivity contribution in [2.45, 2.75) is 0 Å². The predicted octanol–water partition coefficient (Wildman–Crippen LogP) is 2.62. The van der Waals surface area contributed by atoms with Crippen molar-refractivity contribution < 1.29 is 13.9 Å². The number of esters is 1. The second-order valence-electron chi connectivity index (χ2n) is 3.72. The van der Waals surface area contributed by atoms with E-state index in [1.165, 1.54) is 6.26 Å². The quantitative estimate of drug-likeness (QED) is 0.598. The second kappa shape index (κ2) is 4.33. The number of cyclic esters (lactones) is 1. The molecule has 0 saturated heterocycles. The van der Waals surface area contributed by atoms with Gasteiger partial charge < -0.3 is 9.15 Å². The maximum absolute atomic E-state index is 11.6. The molecule has 1 aromatic heterocycles. The van der Waals surface area contributed by atoms with Gasteiger partial charge in [-0.25, -0.2) is 9.79 Å². The molecule has 0 fully saturated rings. The molecular weight excluding hydrogens is 230 g/mol. The molecule has 4 heteroatoms. The molecule has 4 nitrogen and oxygen atoms in total. The van der Waals surface area contributed by atoms with Crippen molar-refractivity contribution in [2.75, 3.05) is 0 Å². The molecule has 0 saturated carbocycles. The summed E-state index contributed by atoms with van der Waals surface area (Å²) in [6.45, 7) is 0. The number of benzene rings is 1. The van der Waals surface area contributed by atoms with Crippen LogP contribution in [-0.2, 0) is 9.53 Å². The molecular formula is C14H9NO3. The van der Waals surface area contributed by atoms with E-state index in [1.807, 2.05) is 30.3 Å². The van der Waals surface area contributed by atoms with Crippen LogP contribution >= 0.6 is 0 Å². The Bertz CT molecular complexity index is 624. The Balaban J connectivity index is 1.94. The highest BCUT2D eigenvalue weighted by Gasteiger charge is 2.25. The zero-order valence-electron chi connectivity index (χ0n) is 9.37. The molecule has 1 aromatic carbocycles. The van der Waals surface area contributed by atoms with Gasteiger partial charge in [0.25, 0.3) is 5.90 Å². The lowest BCUT2D eigenvalue weighted by Crippen LogP contribution is -2.04. The third kappa shape index (κ3) is 1.96. The molecule has 2 heterocycles. The maximum atomic E-state index is 11.6. The SMILES string of the molecule is O=C1OC(c2ccco2)=N/C1=C\c1ccccc1. The Morgan fingerprint density at radius 3 is 2.61 bits per heavy atom. The number of nitrogens with zero attached hydrogens (tertiary/aromatic N) is 1. The fourth-order valence-corrected chi connectivity index (χ4v) is 1.62. The zero-order chi connectivity index (χ0) is 12.4. The summed E-state index contributed by atoms with van der Waals surface area (Å²) in [4.78, 5) is 15.8. The summed E-state index contributed by atoms with van der Waals surface area (Å²) in [6, 6.07) is 12.9. The molecule has 1 aliphatic rings. The van der Waals surface area contributed by atoms with Crippen LogP contribution < -0.4 is 0 Å². The van der Waals surface area contributed by atoms with Crippen LogP contribution in [0.4, 0.5) is 0 Å². The third-order valence-electron chi connectivity index (χ3n) is 2.46. The van der Waals surface area contributed by atoms with Crippen LogP contribution in [0, 0.1) is 0 Å². The number of hydrogen-bond acceptors (Lipinski definition) is 4. The van der Waals surface area contributed by atoms with Gasteiger partial charge in [0.05, 0.1) is 6.26 Å². The highest BCUT2D eigenvalue weighted by Crippen LogP contribution is 2.18. The summed E-state index contributed by atoms with van der Waals surface area (Å²) in [5.74, 6) is 0.178. The van der Waals surface area contributed by atoms with Crippen LogP contribution in [0.5, 0.6) is 0 Å². The van der Waals surface area contributed by atoms with Gasteiger partial charge in [-0.1, -0.05) is 30.3 Å². The van der Waals surface area contributed by atoms with Gasteiger partial charge in [-0.15, -0.1) is 0 Å². The molecule has 0 bridgehead atoms. The Morgan fingerprint density at radius 2 is 1.89 bits per heavy atom. The van der Waals surface area contributed by atoms with E-state index in [9.17, 15) is 4.79 Å². The lowest BCUT2D eigenvalue weighted by atomic mass is 10.2. The monoisotopic (exact) mass is 239 g/mol. The van der Waals surface area contributed by atoms with E-state index in [1.54, 1.807) is 18.2 Å². The molecule has 88 valence electrons. The number of ether oxygens (including phenoxy) is 1. The smallest absolute Gasteiger partial charge is 0.363 e. The van der Waals surface area contributed by atoms with E-state index in [0.29, 0.717) is 5.76 Å². The summed E-state index contributed by atoms with van der Waals surface area (Å²) in [6.07, 6.45) is 3.18. The highest BCUT2D eigenvalue weighted by atomic mass is 16.6. The number of aliphatic imine (C=N–C) groups is 1. The van der Waals surface area contributed by atoms with E-state index in [0.717, 1.165) is 5.56 Å². The maximum Gasteiger partial charge on any atom is 0.363 e. The molecule has 3 rings (SSSR count). The van der Waals surface area contributed by atoms with Crippen LogP contribution in [0.15, 0.2) is 63.8 Å². The number of carbonyl (C=O) groups excluding carboxylic acids is 1. The molecule has 1 aliphatic heterocycles. The molecule has 2 aromatic rings. The average Bonchev–Trinajstić information content (AvgIpc) is 3.01. The number of carbonyl (C=O) groups is 1. The van der Waals surface area contributed by atoms with Crippen molar-refractivity contribution in [3.8, 4) is 0 Å². The minimum Gasteiger partial charge on any atom is -0.459 e. The van der Waals surface area contributed by atoms with Gasteiger partial charge in [-0.05, 0) is 23.8 Å². The molecule has 0 unspecified atom stereocenters. The first-order chi connectivity index (χ1) is 8.83. The lowest BCUT2D eigenvalue weighted by molar-refractivity contribution is -0.130. The van der Waals surface area contributed by atoms with Gasteiger partial charge in [0.1, 0.15) is 0 Å². The Hall–Kier alpha value is -2.62. The number of furan rings is 1. The topological polar surface area (TPSA) is 51.8 Å². The normalized spacial score (nSPS) is 16.8. The minimum absolute atomic E-state index is 0.201. The predicted molar refractivity (Wildman–Crippen MR) is 65.8 cm³/mol. The fourth-order valence-electron chi connectivity index (χ4n) is 1.62. The van der Waals surface area contributed by atoms with Gasteiger partial charge in [-0.2, -0.15) is 0 Å². The van der Waals surface area contributed by atoms with E-state index >= 15 is 0 Å². The highest BCUT2D eigenvalue weighted by molar-refractivity contribution is 6.11. The lowest BCUT2D eigenvalue weighted by Gasteiger charge is -1.92. The number of rotatable bonds is 2. The first-order valence-electron chi connectivity index (χ1n) is 5.44. The van der Waals surface area contributed by atoms with E-state index in [4.69, 9.17) is 9.15 Å². The first kappa shape index (κ1) is 10.5. The van der Waals surface area contributed by atoms with Crippen molar-refractivity contribution in [3.05, 3.63) is 65.7 Å². The van der Waals surface area contributed by atoms with Gasteiger partial charge in [0.2, 0.25) is 0 Å².